The zero-order valence-electron chi connectivity index (χ0n) is 15.8. The SMILES string of the molecule is O=C(c1cc(-c2ccc(F)cc2)no1)N1CCCC(c2nnc3n2CCNC3)C1. The topological polar surface area (TPSA) is 89.1 Å². The molecule has 1 saturated heterocycles. The Morgan fingerprint density at radius 3 is 2.93 bits per heavy atom. The van der Waals surface area contributed by atoms with E-state index in [1.165, 1.54) is 12.1 Å². The van der Waals surface area contributed by atoms with E-state index in [0.29, 0.717) is 24.3 Å². The Labute approximate surface area is 166 Å². The van der Waals surface area contributed by atoms with Crippen LogP contribution < -0.4 is 5.32 Å². The lowest BCUT2D eigenvalue weighted by molar-refractivity contribution is 0.0661. The van der Waals surface area contributed by atoms with Crippen molar-refractivity contribution in [3.63, 3.8) is 0 Å². The van der Waals surface area contributed by atoms with Gasteiger partial charge in [0, 0.05) is 43.7 Å². The highest BCUT2D eigenvalue weighted by molar-refractivity contribution is 5.92. The maximum Gasteiger partial charge on any atom is 0.292 e. The summed E-state index contributed by atoms with van der Waals surface area (Å²) in [5.41, 5.74) is 1.22. The summed E-state index contributed by atoms with van der Waals surface area (Å²) < 4.78 is 20.6. The first-order valence-electron chi connectivity index (χ1n) is 9.83. The third kappa shape index (κ3) is 3.42. The molecule has 29 heavy (non-hydrogen) atoms. The number of amides is 1. The number of benzene rings is 1. The van der Waals surface area contributed by atoms with Gasteiger partial charge in [-0.3, -0.25) is 4.79 Å². The molecule has 4 heterocycles. The molecule has 8 nitrogen and oxygen atoms in total. The molecule has 0 aliphatic carbocycles. The summed E-state index contributed by atoms with van der Waals surface area (Å²) in [6.45, 7) is 3.73. The van der Waals surface area contributed by atoms with Gasteiger partial charge in [-0.1, -0.05) is 5.16 Å². The van der Waals surface area contributed by atoms with Gasteiger partial charge in [0.05, 0.1) is 6.54 Å². The van der Waals surface area contributed by atoms with Gasteiger partial charge >= 0.3 is 0 Å². The molecule has 2 aromatic heterocycles. The summed E-state index contributed by atoms with van der Waals surface area (Å²) in [5.74, 6) is 1.76. The summed E-state index contributed by atoms with van der Waals surface area (Å²) in [7, 11) is 0. The van der Waals surface area contributed by atoms with Crippen LogP contribution >= 0.6 is 0 Å². The summed E-state index contributed by atoms with van der Waals surface area (Å²) >= 11 is 0. The molecule has 1 amide bonds. The van der Waals surface area contributed by atoms with E-state index in [1.54, 1.807) is 23.1 Å². The third-order valence-corrected chi connectivity index (χ3v) is 5.59. The van der Waals surface area contributed by atoms with Crippen molar-refractivity contribution in [3.05, 3.63) is 53.6 Å². The Kier molecular flexibility index (Phi) is 4.59. The van der Waals surface area contributed by atoms with Crippen LogP contribution in [0.2, 0.25) is 0 Å². The second-order valence-corrected chi connectivity index (χ2v) is 7.48. The van der Waals surface area contributed by atoms with Gasteiger partial charge in [-0.25, -0.2) is 4.39 Å². The predicted molar refractivity (Wildman–Crippen MR) is 102 cm³/mol. The Morgan fingerprint density at radius 1 is 1.21 bits per heavy atom. The number of halogens is 1. The van der Waals surface area contributed by atoms with Crippen LogP contribution in [0.4, 0.5) is 4.39 Å². The zero-order valence-corrected chi connectivity index (χ0v) is 15.8. The van der Waals surface area contributed by atoms with Gasteiger partial charge in [0.15, 0.2) is 0 Å². The molecule has 0 bridgehead atoms. The van der Waals surface area contributed by atoms with E-state index >= 15 is 0 Å². The Hall–Kier alpha value is -3.07. The summed E-state index contributed by atoms with van der Waals surface area (Å²) in [5, 5.41) is 16.0. The van der Waals surface area contributed by atoms with Gasteiger partial charge < -0.3 is 19.3 Å². The van der Waals surface area contributed by atoms with Gasteiger partial charge in [-0.2, -0.15) is 0 Å². The fourth-order valence-corrected chi connectivity index (χ4v) is 4.08. The molecule has 2 aliphatic rings. The van der Waals surface area contributed by atoms with Gasteiger partial charge in [0.2, 0.25) is 5.76 Å². The minimum atomic E-state index is -0.320. The lowest BCUT2D eigenvalue weighted by Crippen LogP contribution is -2.40. The molecule has 0 saturated carbocycles. The standard InChI is InChI=1S/C20H21FN6O2/c21-15-5-3-13(4-6-15)16-10-17(29-25-16)20(28)26-8-1-2-14(12-26)19-24-23-18-11-22-7-9-27(18)19/h3-6,10,14,22H,1-2,7-9,11-12H2. The van der Waals surface area contributed by atoms with E-state index in [0.717, 1.165) is 44.1 Å². The minimum Gasteiger partial charge on any atom is -0.350 e. The van der Waals surface area contributed by atoms with Crippen molar-refractivity contribution in [3.8, 4) is 11.3 Å². The second kappa shape index (κ2) is 7.40. The van der Waals surface area contributed by atoms with Crippen LogP contribution in [0.5, 0.6) is 0 Å². The molecule has 1 atom stereocenters. The molecule has 0 spiro atoms. The van der Waals surface area contributed by atoms with Crippen molar-refractivity contribution in [2.75, 3.05) is 19.6 Å². The van der Waals surface area contributed by atoms with Crippen LogP contribution in [0, 0.1) is 5.82 Å². The number of hydrogen-bond acceptors (Lipinski definition) is 6. The maximum absolute atomic E-state index is 13.1. The second-order valence-electron chi connectivity index (χ2n) is 7.48. The molecular formula is C20H21FN6O2. The van der Waals surface area contributed by atoms with Crippen molar-refractivity contribution in [1.29, 1.82) is 0 Å². The van der Waals surface area contributed by atoms with Gasteiger partial charge in [-0.05, 0) is 37.1 Å². The monoisotopic (exact) mass is 396 g/mol. The van der Waals surface area contributed by atoms with Gasteiger partial charge in [-0.15, -0.1) is 10.2 Å². The number of nitrogens with zero attached hydrogens (tertiary/aromatic N) is 5. The van der Waals surface area contributed by atoms with Crippen LogP contribution in [-0.4, -0.2) is 50.4 Å². The number of aromatic nitrogens is 4. The number of carbonyl (C=O) groups is 1. The number of hydrogen-bond donors (Lipinski definition) is 1. The van der Waals surface area contributed by atoms with Gasteiger partial charge in [0.25, 0.3) is 5.91 Å². The fraction of sp³-hybridized carbons (Fsp3) is 0.400. The van der Waals surface area contributed by atoms with Crippen LogP contribution in [0.3, 0.4) is 0 Å². The van der Waals surface area contributed by atoms with E-state index < -0.39 is 0 Å². The highest BCUT2D eigenvalue weighted by atomic mass is 19.1. The molecule has 1 fully saturated rings. The van der Waals surface area contributed by atoms with Crippen LogP contribution in [-0.2, 0) is 13.1 Å². The largest absolute Gasteiger partial charge is 0.350 e. The molecule has 1 unspecified atom stereocenters. The molecule has 2 aliphatic heterocycles. The highest BCUT2D eigenvalue weighted by Crippen LogP contribution is 2.28. The molecule has 150 valence electrons. The average Bonchev–Trinajstić information content (AvgIpc) is 3.41. The van der Waals surface area contributed by atoms with E-state index in [1.807, 2.05) is 0 Å². The summed E-state index contributed by atoms with van der Waals surface area (Å²) in [6.07, 6.45) is 1.88. The number of rotatable bonds is 3. The molecule has 3 aromatic rings. The van der Waals surface area contributed by atoms with E-state index in [9.17, 15) is 9.18 Å². The molecule has 0 radical (unpaired) electrons. The summed E-state index contributed by atoms with van der Waals surface area (Å²) in [6, 6.07) is 7.55. The number of likely N-dealkylation sites (tertiary alicyclic amines) is 1. The molecular weight excluding hydrogens is 375 g/mol. The highest BCUT2D eigenvalue weighted by Gasteiger charge is 2.31. The van der Waals surface area contributed by atoms with Crippen molar-refractivity contribution < 1.29 is 13.7 Å². The molecule has 1 aromatic carbocycles. The number of fused-ring (bicyclic) bond motifs is 1. The maximum atomic E-state index is 13.1. The lowest BCUT2D eigenvalue weighted by atomic mass is 9.96. The smallest absolute Gasteiger partial charge is 0.292 e. The van der Waals surface area contributed by atoms with Crippen molar-refractivity contribution in [1.82, 2.24) is 30.1 Å². The quantitative estimate of drug-likeness (QED) is 0.730. The molecule has 5 rings (SSSR count). The van der Waals surface area contributed by atoms with Crippen molar-refractivity contribution >= 4 is 5.91 Å². The van der Waals surface area contributed by atoms with E-state index in [4.69, 9.17) is 4.52 Å². The predicted octanol–water partition coefficient (Wildman–Crippen LogP) is 2.20. The normalized spacial score (nSPS) is 19.2. The number of carbonyl (C=O) groups excluding carboxylic acids is 1. The average molecular weight is 396 g/mol. The molecule has 9 heteroatoms. The Balaban J connectivity index is 1.33. The van der Waals surface area contributed by atoms with Crippen molar-refractivity contribution in [2.24, 2.45) is 0 Å². The zero-order chi connectivity index (χ0) is 19.8. The first kappa shape index (κ1) is 18.0. The minimum absolute atomic E-state index is 0.159. The number of nitrogens with one attached hydrogen (secondary N) is 1. The Bertz CT molecular complexity index is 1030. The van der Waals surface area contributed by atoms with Crippen LogP contribution in [0.15, 0.2) is 34.9 Å². The van der Waals surface area contributed by atoms with E-state index in [2.05, 4.69) is 25.2 Å². The fourth-order valence-electron chi connectivity index (χ4n) is 4.08. The lowest BCUT2D eigenvalue weighted by Gasteiger charge is -2.32. The summed E-state index contributed by atoms with van der Waals surface area (Å²) in [4.78, 5) is 14.8. The van der Waals surface area contributed by atoms with Crippen LogP contribution in [0.1, 0.15) is 41.0 Å². The molecule has 1 N–H and O–H groups in total. The van der Waals surface area contributed by atoms with E-state index in [-0.39, 0.29) is 23.4 Å². The third-order valence-electron chi connectivity index (χ3n) is 5.59. The first-order valence-corrected chi connectivity index (χ1v) is 9.83. The van der Waals surface area contributed by atoms with Gasteiger partial charge in [0.1, 0.15) is 23.2 Å². The number of piperidine rings is 1. The van der Waals surface area contributed by atoms with Crippen molar-refractivity contribution in [2.45, 2.75) is 31.8 Å². The first-order chi connectivity index (χ1) is 14.2. The Morgan fingerprint density at radius 2 is 2.07 bits per heavy atom. The van der Waals surface area contributed by atoms with Crippen LogP contribution in [0.25, 0.3) is 11.3 Å².